The standard InChI is InChI=1S/C24H18Cl2N4O5/c25-15-2-6-22-19(12-15)28-24(35-22)17-13-16(3-4-18(17)26)27-23(31)14-1-5-20(21(11-14)30(32)33)29-7-9-34-10-8-29/h1-6,11-13H,7-10H2,(H,27,31). The molecule has 4 aromatic rings. The van der Waals surface area contributed by atoms with Crippen LogP contribution in [0.25, 0.3) is 22.6 Å². The molecule has 2 heterocycles. The van der Waals surface area contributed by atoms with Crippen LogP contribution in [0, 0.1) is 10.1 Å². The van der Waals surface area contributed by atoms with Gasteiger partial charge in [-0.25, -0.2) is 4.98 Å². The van der Waals surface area contributed by atoms with E-state index in [9.17, 15) is 14.9 Å². The number of halogens is 2. The van der Waals surface area contributed by atoms with Crippen molar-refractivity contribution in [1.29, 1.82) is 0 Å². The Kier molecular flexibility index (Phi) is 6.29. The van der Waals surface area contributed by atoms with E-state index in [1.54, 1.807) is 48.5 Å². The van der Waals surface area contributed by atoms with Crippen molar-refractivity contribution in [2.45, 2.75) is 0 Å². The molecule has 0 radical (unpaired) electrons. The van der Waals surface area contributed by atoms with Gasteiger partial charge in [0.25, 0.3) is 11.6 Å². The highest BCUT2D eigenvalue weighted by atomic mass is 35.5. The molecule has 0 atom stereocenters. The highest BCUT2D eigenvalue weighted by Gasteiger charge is 2.23. The molecule has 0 bridgehead atoms. The fraction of sp³-hybridized carbons (Fsp3) is 0.167. The number of nitrogens with zero attached hydrogens (tertiary/aromatic N) is 3. The first-order valence-corrected chi connectivity index (χ1v) is 11.4. The van der Waals surface area contributed by atoms with E-state index in [2.05, 4.69) is 10.3 Å². The van der Waals surface area contributed by atoms with Crippen LogP contribution in [0.3, 0.4) is 0 Å². The Morgan fingerprint density at radius 3 is 2.63 bits per heavy atom. The number of nitrogens with one attached hydrogen (secondary N) is 1. The van der Waals surface area contributed by atoms with E-state index in [0.717, 1.165) is 0 Å². The number of morpholine rings is 1. The molecule has 178 valence electrons. The molecule has 0 unspecified atom stereocenters. The zero-order chi connectivity index (χ0) is 24.5. The Bertz CT molecular complexity index is 1450. The molecule has 11 heteroatoms. The minimum atomic E-state index is -0.501. The van der Waals surface area contributed by atoms with Gasteiger partial charge in [0.15, 0.2) is 5.58 Å². The monoisotopic (exact) mass is 512 g/mol. The first-order valence-electron chi connectivity index (χ1n) is 10.7. The fourth-order valence-corrected chi connectivity index (χ4v) is 4.23. The van der Waals surface area contributed by atoms with Crippen molar-refractivity contribution in [3.8, 4) is 11.5 Å². The van der Waals surface area contributed by atoms with E-state index in [-0.39, 0.29) is 17.1 Å². The largest absolute Gasteiger partial charge is 0.436 e. The SMILES string of the molecule is O=C(Nc1ccc(Cl)c(-c2nc3cc(Cl)ccc3o2)c1)c1ccc(N2CCOCC2)c([N+](=O)[O-])c1. The van der Waals surface area contributed by atoms with Gasteiger partial charge in [-0.1, -0.05) is 23.2 Å². The average Bonchev–Trinajstić information content (AvgIpc) is 3.28. The molecule has 0 aliphatic carbocycles. The van der Waals surface area contributed by atoms with Crippen LogP contribution in [0.1, 0.15) is 10.4 Å². The number of anilines is 2. The summed E-state index contributed by atoms with van der Waals surface area (Å²) >= 11 is 12.4. The zero-order valence-corrected chi connectivity index (χ0v) is 19.7. The Morgan fingerprint density at radius 2 is 1.86 bits per heavy atom. The summed E-state index contributed by atoms with van der Waals surface area (Å²) in [5.41, 5.74) is 2.50. The predicted octanol–water partition coefficient (Wildman–Crippen LogP) is 5.80. The maximum atomic E-state index is 12.9. The number of carbonyl (C=O) groups excluding carboxylic acids is 1. The molecule has 1 aliphatic heterocycles. The van der Waals surface area contributed by atoms with Crippen molar-refractivity contribution in [2.75, 3.05) is 36.5 Å². The summed E-state index contributed by atoms with van der Waals surface area (Å²) in [6, 6.07) is 14.4. The number of nitro groups is 1. The van der Waals surface area contributed by atoms with Crippen LogP contribution in [0.4, 0.5) is 17.1 Å². The van der Waals surface area contributed by atoms with Gasteiger partial charge in [-0.2, -0.15) is 0 Å². The van der Waals surface area contributed by atoms with Crippen LogP contribution < -0.4 is 10.2 Å². The molecular weight excluding hydrogens is 495 g/mol. The molecule has 1 fully saturated rings. The Hall–Kier alpha value is -3.66. The van der Waals surface area contributed by atoms with Gasteiger partial charge >= 0.3 is 0 Å². The van der Waals surface area contributed by atoms with Gasteiger partial charge < -0.3 is 19.4 Å². The summed E-state index contributed by atoms with van der Waals surface area (Å²) in [7, 11) is 0. The number of carbonyl (C=O) groups is 1. The van der Waals surface area contributed by atoms with Gasteiger partial charge in [0.05, 0.1) is 28.7 Å². The van der Waals surface area contributed by atoms with Crippen molar-refractivity contribution in [1.82, 2.24) is 4.98 Å². The molecule has 9 nitrogen and oxygen atoms in total. The lowest BCUT2D eigenvalue weighted by Crippen LogP contribution is -2.36. The molecule has 1 saturated heterocycles. The maximum Gasteiger partial charge on any atom is 0.293 e. The topological polar surface area (TPSA) is 111 Å². The molecule has 3 aromatic carbocycles. The number of amides is 1. The summed E-state index contributed by atoms with van der Waals surface area (Å²) < 4.78 is 11.1. The number of hydrogen-bond donors (Lipinski definition) is 1. The number of hydrogen-bond acceptors (Lipinski definition) is 7. The van der Waals surface area contributed by atoms with Crippen molar-refractivity contribution in [3.63, 3.8) is 0 Å². The summed E-state index contributed by atoms with van der Waals surface area (Å²) in [6.45, 7) is 2.07. The number of oxazole rings is 1. The summed E-state index contributed by atoms with van der Waals surface area (Å²) in [5, 5.41) is 15.4. The third-order valence-electron chi connectivity index (χ3n) is 5.59. The lowest BCUT2D eigenvalue weighted by Gasteiger charge is -2.28. The van der Waals surface area contributed by atoms with E-state index in [1.165, 1.54) is 6.07 Å². The molecular formula is C24H18Cl2N4O5. The minimum Gasteiger partial charge on any atom is -0.436 e. The summed E-state index contributed by atoms with van der Waals surface area (Å²) in [6.07, 6.45) is 0. The summed E-state index contributed by atoms with van der Waals surface area (Å²) in [5.74, 6) is -0.229. The summed E-state index contributed by atoms with van der Waals surface area (Å²) in [4.78, 5) is 30.5. The quantitative estimate of drug-likeness (QED) is 0.265. The van der Waals surface area contributed by atoms with Crippen LogP contribution in [0.2, 0.25) is 10.0 Å². The second-order valence-electron chi connectivity index (χ2n) is 7.84. The zero-order valence-electron chi connectivity index (χ0n) is 18.2. The maximum absolute atomic E-state index is 12.9. The second kappa shape index (κ2) is 9.53. The van der Waals surface area contributed by atoms with Crippen molar-refractivity contribution >= 4 is 57.3 Å². The average molecular weight is 513 g/mol. The van der Waals surface area contributed by atoms with E-state index >= 15 is 0 Å². The van der Waals surface area contributed by atoms with Gasteiger partial charge in [-0.15, -0.1) is 0 Å². The Morgan fingerprint density at radius 1 is 1.06 bits per heavy atom. The van der Waals surface area contributed by atoms with Gasteiger partial charge in [-0.05, 0) is 48.5 Å². The van der Waals surface area contributed by atoms with Crippen LogP contribution in [0.15, 0.2) is 59.0 Å². The number of ether oxygens (including phenoxy) is 1. The first-order chi connectivity index (χ1) is 16.9. The third-order valence-corrected chi connectivity index (χ3v) is 6.16. The van der Waals surface area contributed by atoms with Crippen molar-refractivity contribution < 1.29 is 18.9 Å². The normalized spacial score (nSPS) is 13.7. The number of rotatable bonds is 5. The van der Waals surface area contributed by atoms with E-state index < -0.39 is 10.8 Å². The fourth-order valence-electron chi connectivity index (χ4n) is 3.87. The van der Waals surface area contributed by atoms with E-state index in [0.29, 0.717) is 64.4 Å². The predicted molar refractivity (Wildman–Crippen MR) is 134 cm³/mol. The number of nitro benzene ring substituents is 1. The Balaban J connectivity index is 1.41. The van der Waals surface area contributed by atoms with Gasteiger partial charge in [0, 0.05) is 35.4 Å². The lowest BCUT2D eigenvalue weighted by molar-refractivity contribution is -0.384. The first kappa shape index (κ1) is 23.1. The lowest BCUT2D eigenvalue weighted by atomic mass is 10.1. The minimum absolute atomic E-state index is 0.138. The highest BCUT2D eigenvalue weighted by Crippen LogP contribution is 2.34. The molecule has 1 aliphatic rings. The highest BCUT2D eigenvalue weighted by molar-refractivity contribution is 6.33. The van der Waals surface area contributed by atoms with Gasteiger partial charge in [-0.3, -0.25) is 14.9 Å². The second-order valence-corrected chi connectivity index (χ2v) is 8.68. The van der Waals surface area contributed by atoms with Crippen LogP contribution in [-0.2, 0) is 4.74 Å². The van der Waals surface area contributed by atoms with Gasteiger partial charge in [0.2, 0.25) is 5.89 Å². The molecule has 1 aromatic heterocycles. The van der Waals surface area contributed by atoms with E-state index in [4.69, 9.17) is 32.4 Å². The molecule has 0 saturated carbocycles. The van der Waals surface area contributed by atoms with Crippen molar-refractivity contribution in [2.24, 2.45) is 0 Å². The number of aromatic nitrogens is 1. The molecule has 35 heavy (non-hydrogen) atoms. The number of fused-ring (bicyclic) bond motifs is 1. The third kappa shape index (κ3) is 4.79. The number of benzene rings is 3. The molecule has 0 spiro atoms. The molecule has 1 amide bonds. The van der Waals surface area contributed by atoms with Crippen LogP contribution >= 0.6 is 23.2 Å². The van der Waals surface area contributed by atoms with Crippen LogP contribution in [0.5, 0.6) is 0 Å². The Labute approximate surface area is 209 Å². The van der Waals surface area contributed by atoms with Crippen LogP contribution in [-0.4, -0.2) is 42.1 Å². The van der Waals surface area contributed by atoms with Gasteiger partial charge in [0.1, 0.15) is 11.2 Å². The van der Waals surface area contributed by atoms with E-state index in [1.807, 2.05) is 4.90 Å². The van der Waals surface area contributed by atoms with Crippen molar-refractivity contribution in [3.05, 3.63) is 80.3 Å². The molecule has 5 rings (SSSR count). The molecule has 1 N–H and O–H groups in total. The smallest absolute Gasteiger partial charge is 0.293 e.